The fourth-order valence-corrected chi connectivity index (χ4v) is 7.07. The molecule has 4 aliphatic rings. The van der Waals surface area contributed by atoms with Gasteiger partial charge in [0.2, 0.25) is 0 Å². The largest absolute Gasteiger partial charge is 1.00 e. The Morgan fingerprint density at radius 3 is 1.52 bits per heavy atom. The van der Waals surface area contributed by atoms with Gasteiger partial charge in [0.05, 0.1) is 0 Å². The molecule has 0 aromatic heterocycles. The van der Waals surface area contributed by atoms with Gasteiger partial charge in [0.25, 0.3) is 0 Å². The van der Waals surface area contributed by atoms with Gasteiger partial charge in [-0.15, -0.1) is 13.2 Å². The molecule has 3 heteroatoms. The number of hydrogen-bond donors (Lipinski definition) is 0. The van der Waals surface area contributed by atoms with Crippen LogP contribution in [0.5, 0.6) is 0 Å². The van der Waals surface area contributed by atoms with Crippen molar-refractivity contribution in [3.63, 3.8) is 0 Å². The fourth-order valence-electron chi connectivity index (χ4n) is 4.16. The SMILES string of the molecule is C1=C[CH]([Ti+2][CH]2C=CC3=C2CCCC3)C2=C1CCCC2.C=C.[Cl-].[Cl-]. The van der Waals surface area contributed by atoms with Crippen LogP contribution in [0.4, 0.5) is 0 Å². The molecule has 0 aliphatic heterocycles. The van der Waals surface area contributed by atoms with Crippen molar-refractivity contribution >= 4 is 0 Å². The Bertz CT molecular complexity index is 482. The predicted molar refractivity (Wildman–Crippen MR) is 88.0 cm³/mol. The number of allylic oxidation sites excluding steroid dienone is 8. The van der Waals surface area contributed by atoms with Crippen LogP contribution >= 0.6 is 0 Å². The summed E-state index contributed by atoms with van der Waals surface area (Å²) < 4.78 is 1.78. The first kappa shape index (κ1) is 21.0. The number of hydrogen-bond acceptors (Lipinski definition) is 0. The molecule has 4 aliphatic carbocycles. The first-order valence-electron chi connectivity index (χ1n) is 8.48. The molecule has 0 heterocycles. The molecular weight excluding hydrogens is 359 g/mol. The zero-order chi connectivity index (χ0) is 14.7. The summed E-state index contributed by atoms with van der Waals surface area (Å²) in [5.74, 6) is 0. The van der Waals surface area contributed by atoms with Gasteiger partial charge in [0, 0.05) is 0 Å². The van der Waals surface area contributed by atoms with Crippen LogP contribution in [-0.2, 0) is 19.2 Å². The molecule has 23 heavy (non-hydrogen) atoms. The molecule has 124 valence electrons. The molecule has 0 aromatic rings. The van der Waals surface area contributed by atoms with Crippen LogP contribution in [0.1, 0.15) is 51.4 Å². The summed E-state index contributed by atoms with van der Waals surface area (Å²) in [5, 5.41) is 0. The van der Waals surface area contributed by atoms with Crippen LogP contribution in [0.2, 0.25) is 8.45 Å². The average Bonchev–Trinajstić information content (AvgIpc) is 3.15. The van der Waals surface area contributed by atoms with E-state index in [9.17, 15) is 0 Å². The molecule has 0 nitrogen and oxygen atoms in total. The average molecular weight is 385 g/mol. The van der Waals surface area contributed by atoms with E-state index in [1.54, 1.807) is 11.1 Å². The smallest absolute Gasteiger partial charge is 0.106 e. The van der Waals surface area contributed by atoms with Crippen molar-refractivity contribution in [2.24, 2.45) is 0 Å². The summed E-state index contributed by atoms with van der Waals surface area (Å²) in [7, 11) is 0. The van der Waals surface area contributed by atoms with E-state index in [4.69, 9.17) is 0 Å². The van der Waals surface area contributed by atoms with Gasteiger partial charge >= 0.3 is 126 Å². The maximum atomic E-state index is 3.00. The fraction of sp³-hybridized carbons (Fsp3) is 0.500. The molecular formula is C20H26Cl2Ti. The Labute approximate surface area is 163 Å². The third-order valence-electron chi connectivity index (χ3n) is 5.20. The Morgan fingerprint density at radius 1 is 0.696 bits per heavy atom. The molecule has 2 unspecified atom stereocenters. The van der Waals surface area contributed by atoms with Crippen molar-refractivity contribution in [1.29, 1.82) is 0 Å². The van der Waals surface area contributed by atoms with Gasteiger partial charge in [-0.1, -0.05) is 0 Å². The van der Waals surface area contributed by atoms with Crippen molar-refractivity contribution in [3.05, 3.63) is 59.8 Å². The van der Waals surface area contributed by atoms with Crippen molar-refractivity contribution < 1.29 is 44.0 Å². The van der Waals surface area contributed by atoms with E-state index in [2.05, 4.69) is 37.5 Å². The van der Waals surface area contributed by atoms with Crippen molar-refractivity contribution in [2.75, 3.05) is 0 Å². The summed E-state index contributed by atoms with van der Waals surface area (Å²) in [6.07, 6.45) is 21.3. The molecule has 0 bridgehead atoms. The number of rotatable bonds is 2. The van der Waals surface area contributed by atoms with Crippen molar-refractivity contribution in [3.8, 4) is 0 Å². The van der Waals surface area contributed by atoms with E-state index < -0.39 is 0 Å². The zero-order valence-corrected chi connectivity index (χ0v) is 16.9. The standard InChI is InChI=1S/2C9H11.C2H4.2ClH.Ti/c2*1-2-5-9-7-3-6-8(9)4-1;1-2;;;/h2*3,6-7H,1-2,4-5H2;1-2H2;2*1H;/q;;;;;+2/p-2. The quantitative estimate of drug-likeness (QED) is 0.475. The van der Waals surface area contributed by atoms with Gasteiger partial charge in [0.1, 0.15) is 0 Å². The Hall–Kier alpha value is -0.00571. The molecule has 0 spiro atoms. The monoisotopic (exact) mass is 384 g/mol. The molecule has 0 fully saturated rings. The summed E-state index contributed by atoms with van der Waals surface area (Å²) >= 11 is 0.0844. The first-order valence-corrected chi connectivity index (χ1v) is 10.3. The maximum Gasteiger partial charge on any atom is -0.106 e. The van der Waals surface area contributed by atoms with Gasteiger partial charge < -0.3 is 24.8 Å². The Morgan fingerprint density at radius 2 is 1.09 bits per heavy atom. The zero-order valence-electron chi connectivity index (χ0n) is 13.8. The van der Waals surface area contributed by atoms with E-state index in [0.717, 1.165) is 8.45 Å². The molecule has 0 aromatic carbocycles. The molecule has 2 atom stereocenters. The second-order valence-electron chi connectivity index (χ2n) is 6.36. The molecule has 0 radical (unpaired) electrons. The van der Waals surface area contributed by atoms with Gasteiger partial charge in [-0.3, -0.25) is 0 Å². The van der Waals surface area contributed by atoms with Crippen LogP contribution in [0.25, 0.3) is 0 Å². The topological polar surface area (TPSA) is 0 Å². The van der Waals surface area contributed by atoms with Crippen molar-refractivity contribution in [2.45, 2.75) is 59.8 Å². The molecule has 0 amide bonds. The Balaban J connectivity index is 0.000000638. The first-order chi connectivity index (χ1) is 10.4. The third-order valence-corrected chi connectivity index (χ3v) is 8.01. The third kappa shape index (κ3) is 4.54. The molecule has 0 saturated heterocycles. The summed E-state index contributed by atoms with van der Waals surface area (Å²) in [6, 6.07) is 0. The second kappa shape index (κ2) is 10.1. The Kier molecular flexibility index (Phi) is 9.23. The predicted octanol–water partition coefficient (Wildman–Crippen LogP) is 0.337. The van der Waals surface area contributed by atoms with E-state index in [1.807, 2.05) is 11.1 Å². The van der Waals surface area contributed by atoms with Gasteiger partial charge in [-0.25, -0.2) is 0 Å². The van der Waals surface area contributed by atoms with E-state index >= 15 is 0 Å². The molecule has 0 N–H and O–H groups in total. The van der Waals surface area contributed by atoms with Crippen molar-refractivity contribution in [1.82, 2.24) is 0 Å². The minimum Gasteiger partial charge on any atom is -1.00 e. The van der Waals surface area contributed by atoms with Gasteiger partial charge in [0.15, 0.2) is 0 Å². The minimum absolute atomic E-state index is 0. The second-order valence-corrected chi connectivity index (χ2v) is 8.82. The van der Waals surface area contributed by atoms with Gasteiger partial charge in [-0.05, 0) is 0 Å². The van der Waals surface area contributed by atoms with E-state index in [0.29, 0.717) is 0 Å². The maximum absolute atomic E-state index is 3.00. The summed E-state index contributed by atoms with van der Waals surface area (Å²) in [4.78, 5) is 0. The van der Waals surface area contributed by atoms with E-state index in [-0.39, 0.29) is 44.0 Å². The normalized spacial score (nSPS) is 27.1. The molecule has 0 saturated carbocycles. The van der Waals surface area contributed by atoms with Crippen LogP contribution < -0.4 is 24.8 Å². The summed E-state index contributed by atoms with van der Waals surface area (Å²) in [5.41, 5.74) is 7.15. The number of halogens is 2. The molecule has 4 rings (SSSR count). The van der Waals surface area contributed by atoms with Gasteiger partial charge in [-0.2, -0.15) is 0 Å². The summed E-state index contributed by atoms with van der Waals surface area (Å²) in [6.45, 7) is 6.00. The van der Waals surface area contributed by atoms with Crippen LogP contribution in [-0.4, -0.2) is 0 Å². The minimum atomic E-state index is 0. The van der Waals surface area contributed by atoms with Crippen LogP contribution in [0.15, 0.2) is 59.8 Å². The van der Waals surface area contributed by atoms with E-state index in [1.165, 1.54) is 51.4 Å². The van der Waals surface area contributed by atoms with Crippen LogP contribution in [0.3, 0.4) is 0 Å². The van der Waals surface area contributed by atoms with Crippen LogP contribution in [0, 0.1) is 0 Å².